The van der Waals surface area contributed by atoms with Crippen LogP contribution < -0.4 is 10.1 Å². The average molecular weight is 378 g/mol. The van der Waals surface area contributed by atoms with Crippen molar-refractivity contribution in [1.29, 1.82) is 0 Å². The third kappa shape index (κ3) is 4.13. The van der Waals surface area contributed by atoms with Gasteiger partial charge < -0.3 is 14.5 Å². The fourth-order valence-electron chi connectivity index (χ4n) is 2.72. The van der Waals surface area contributed by atoms with E-state index in [0.29, 0.717) is 22.2 Å². The van der Waals surface area contributed by atoms with Crippen molar-refractivity contribution in [3.8, 4) is 5.75 Å². The number of hydrogen-bond acceptors (Lipinski definition) is 3. The van der Waals surface area contributed by atoms with Crippen molar-refractivity contribution in [3.63, 3.8) is 0 Å². The van der Waals surface area contributed by atoms with Gasteiger partial charge in [-0.25, -0.2) is 0 Å². The maximum atomic E-state index is 12.4. The molecule has 0 bridgehead atoms. The highest BCUT2D eigenvalue weighted by Crippen LogP contribution is 2.21. The molecule has 0 saturated carbocycles. The van der Waals surface area contributed by atoms with Crippen LogP contribution >= 0.6 is 11.6 Å². The monoisotopic (exact) mass is 377 g/mol. The summed E-state index contributed by atoms with van der Waals surface area (Å²) in [6.45, 7) is 0.227. The van der Waals surface area contributed by atoms with Gasteiger partial charge in [-0.2, -0.15) is 0 Å². The summed E-state index contributed by atoms with van der Waals surface area (Å²) >= 11 is 5.85. The Hall–Kier alpha value is -3.24. The zero-order chi connectivity index (χ0) is 18.6. The second-order valence-corrected chi connectivity index (χ2v) is 6.46. The first-order chi connectivity index (χ1) is 13.2. The van der Waals surface area contributed by atoms with E-state index in [0.717, 1.165) is 10.8 Å². The zero-order valence-corrected chi connectivity index (χ0v) is 15.1. The van der Waals surface area contributed by atoms with Gasteiger partial charge >= 0.3 is 0 Å². The van der Waals surface area contributed by atoms with Crippen LogP contribution in [0.25, 0.3) is 10.8 Å². The number of anilines is 1. The molecule has 0 aliphatic rings. The lowest BCUT2D eigenvalue weighted by Gasteiger charge is -2.05. The lowest BCUT2D eigenvalue weighted by Crippen LogP contribution is -2.10. The average Bonchev–Trinajstić information content (AvgIpc) is 3.17. The molecule has 0 fully saturated rings. The first kappa shape index (κ1) is 17.2. The first-order valence-corrected chi connectivity index (χ1v) is 8.82. The number of fused-ring (bicyclic) bond motifs is 1. The van der Waals surface area contributed by atoms with E-state index in [2.05, 4.69) is 5.32 Å². The van der Waals surface area contributed by atoms with Crippen molar-refractivity contribution >= 4 is 34.0 Å². The molecule has 134 valence electrons. The minimum Gasteiger partial charge on any atom is -0.486 e. The van der Waals surface area contributed by atoms with E-state index in [1.165, 1.54) is 0 Å². The SMILES string of the molecule is O=C(Nc1ccc2ccccc2c1)c1ccc(COc2ccc(Cl)cc2)o1. The van der Waals surface area contributed by atoms with Crippen LogP contribution in [-0.4, -0.2) is 5.91 Å². The highest BCUT2D eigenvalue weighted by Gasteiger charge is 2.12. The summed E-state index contributed by atoms with van der Waals surface area (Å²) in [5.74, 6) is 1.17. The van der Waals surface area contributed by atoms with E-state index in [-0.39, 0.29) is 18.3 Å². The molecule has 0 saturated heterocycles. The highest BCUT2D eigenvalue weighted by atomic mass is 35.5. The summed E-state index contributed by atoms with van der Waals surface area (Å²) in [7, 11) is 0. The van der Waals surface area contributed by atoms with E-state index in [9.17, 15) is 4.79 Å². The summed E-state index contributed by atoms with van der Waals surface area (Å²) in [4.78, 5) is 12.4. The second kappa shape index (κ2) is 7.56. The summed E-state index contributed by atoms with van der Waals surface area (Å²) in [6, 6.07) is 24.2. The van der Waals surface area contributed by atoms with Gasteiger partial charge in [-0.15, -0.1) is 0 Å². The summed E-state index contributed by atoms with van der Waals surface area (Å²) in [5, 5.41) is 5.68. The molecule has 0 aliphatic heterocycles. The summed E-state index contributed by atoms with van der Waals surface area (Å²) in [5.41, 5.74) is 0.717. The molecular weight excluding hydrogens is 362 g/mol. The van der Waals surface area contributed by atoms with Crippen molar-refractivity contribution in [2.24, 2.45) is 0 Å². The number of amides is 1. The number of furan rings is 1. The van der Waals surface area contributed by atoms with Crippen molar-refractivity contribution in [3.05, 3.63) is 95.4 Å². The molecule has 4 nitrogen and oxygen atoms in total. The molecule has 0 aliphatic carbocycles. The first-order valence-electron chi connectivity index (χ1n) is 8.45. The number of ether oxygens (including phenoxy) is 1. The quantitative estimate of drug-likeness (QED) is 0.469. The lowest BCUT2D eigenvalue weighted by atomic mass is 10.1. The van der Waals surface area contributed by atoms with Crippen LogP contribution in [0.1, 0.15) is 16.3 Å². The van der Waals surface area contributed by atoms with E-state index < -0.39 is 0 Å². The van der Waals surface area contributed by atoms with Gasteiger partial charge in [0.05, 0.1) is 0 Å². The minimum absolute atomic E-state index is 0.227. The maximum absolute atomic E-state index is 12.4. The third-order valence-corrected chi connectivity index (χ3v) is 4.34. The molecule has 3 aromatic carbocycles. The number of carbonyl (C=O) groups excluding carboxylic acids is 1. The highest BCUT2D eigenvalue weighted by molar-refractivity contribution is 6.30. The standard InChI is InChI=1S/C22H16ClNO3/c23-17-6-9-19(10-7-17)26-14-20-11-12-21(27-20)22(25)24-18-8-5-15-3-1-2-4-16(15)13-18/h1-13H,14H2,(H,24,25). The largest absolute Gasteiger partial charge is 0.486 e. The molecule has 0 radical (unpaired) electrons. The Kier molecular flexibility index (Phi) is 4.81. The fraction of sp³-hybridized carbons (Fsp3) is 0.0455. The molecule has 27 heavy (non-hydrogen) atoms. The van der Waals surface area contributed by atoms with Crippen molar-refractivity contribution in [2.75, 3.05) is 5.32 Å². The molecule has 4 rings (SSSR count). The smallest absolute Gasteiger partial charge is 0.291 e. The molecule has 5 heteroatoms. The Morgan fingerprint density at radius 3 is 2.52 bits per heavy atom. The molecule has 1 heterocycles. The molecule has 0 spiro atoms. The van der Waals surface area contributed by atoms with Gasteiger partial charge in [-0.05, 0) is 59.3 Å². The van der Waals surface area contributed by atoms with Crippen LogP contribution in [0.3, 0.4) is 0 Å². The predicted molar refractivity (Wildman–Crippen MR) is 106 cm³/mol. The van der Waals surface area contributed by atoms with Gasteiger partial charge in [0.15, 0.2) is 5.76 Å². The van der Waals surface area contributed by atoms with Crippen LogP contribution in [0.4, 0.5) is 5.69 Å². The predicted octanol–water partition coefficient (Wildman–Crippen LogP) is 5.92. The molecule has 0 atom stereocenters. The summed E-state index contributed by atoms with van der Waals surface area (Å²) in [6.07, 6.45) is 0. The second-order valence-electron chi connectivity index (χ2n) is 6.02. The number of halogens is 1. The summed E-state index contributed by atoms with van der Waals surface area (Å²) < 4.78 is 11.2. The molecule has 1 N–H and O–H groups in total. The van der Waals surface area contributed by atoms with E-state index in [1.807, 2.05) is 42.5 Å². The topological polar surface area (TPSA) is 51.5 Å². The number of hydrogen-bond donors (Lipinski definition) is 1. The Labute approximate surface area is 161 Å². The Morgan fingerprint density at radius 1 is 0.926 bits per heavy atom. The van der Waals surface area contributed by atoms with Gasteiger partial charge in [0.2, 0.25) is 0 Å². The number of nitrogens with one attached hydrogen (secondary N) is 1. The van der Waals surface area contributed by atoms with Crippen LogP contribution in [-0.2, 0) is 6.61 Å². The number of carbonyl (C=O) groups is 1. The number of rotatable bonds is 5. The normalized spacial score (nSPS) is 10.7. The van der Waals surface area contributed by atoms with Gasteiger partial charge in [0.1, 0.15) is 18.1 Å². The zero-order valence-electron chi connectivity index (χ0n) is 14.3. The molecule has 1 amide bonds. The Balaban J connectivity index is 1.40. The molecule has 0 unspecified atom stereocenters. The van der Waals surface area contributed by atoms with Crippen molar-refractivity contribution in [1.82, 2.24) is 0 Å². The van der Waals surface area contributed by atoms with Crippen molar-refractivity contribution in [2.45, 2.75) is 6.61 Å². The molecule has 4 aromatic rings. The lowest BCUT2D eigenvalue weighted by molar-refractivity contribution is 0.0992. The van der Waals surface area contributed by atoms with E-state index in [4.69, 9.17) is 20.8 Å². The van der Waals surface area contributed by atoms with Gasteiger partial charge in [0.25, 0.3) is 5.91 Å². The van der Waals surface area contributed by atoms with Gasteiger partial charge in [-0.3, -0.25) is 4.79 Å². The van der Waals surface area contributed by atoms with E-state index >= 15 is 0 Å². The fourth-order valence-corrected chi connectivity index (χ4v) is 2.85. The van der Waals surface area contributed by atoms with Gasteiger partial charge in [-0.1, -0.05) is 41.9 Å². The Bertz CT molecular complexity index is 1090. The minimum atomic E-state index is -0.303. The van der Waals surface area contributed by atoms with Crippen LogP contribution in [0, 0.1) is 0 Å². The molecule has 1 aromatic heterocycles. The van der Waals surface area contributed by atoms with Crippen molar-refractivity contribution < 1.29 is 13.9 Å². The van der Waals surface area contributed by atoms with E-state index in [1.54, 1.807) is 36.4 Å². The van der Waals surface area contributed by atoms with Crippen LogP contribution in [0.15, 0.2) is 83.3 Å². The third-order valence-electron chi connectivity index (χ3n) is 4.09. The van der Waals surface area contributed by atoms with Gasteiger partial charge in [0, 0.05) is 10.7 Å². The van der Waals surface area contributed by atoms with Crippen LogP contribution in [0.5, 0.6) is 5.75 Å². The Morgan fingerprint density at radius 2 is 1.70 bits per heavy atom. The molecular formula is C22H16ClNO3. The maximum Gasteiger partial charge on any atom is 0.291 e. The van der Waals surface area contributed by atoms with Crippen LogP contribution in [0.2, 0.25) is 5.02 Å². The number of benzene rings is 3.